The molecule has 3 heterocycles. The highest BCUT2D eigenvalue weighted by Crippen LogP contribution is 2.40. The second-order valence-corrected chi connectivity index (χ2v) is 10.6. The van der Waals surface area contributed by atoms with Crippen molar-refractivity contribution in [1.82, 2.24) is 9.97 Å². The number of aromatic nitrogens is 2. The summed E-state index contributed by atoms with van der Waals surface area (Å²) in [5.74, 6) is 2.32. The number of aliphatic imine (C=N–C) groups is 1. The molecule has 3 aliphatic rings. The van der Waals surface area contributed by atoms with Gasteiger partial charge in [0.25, 0.3) is 0 Å². The topological polar surface area (TPSA) is 76.6 Å². The van der Waals surface area contributed by atoms with Gasteiger partial charge in [-0.05, 0) is 72.1 Å². The summed E-state index contributed by atoms with van der Waals surface area (Å²) in [6, 6.07) is 11.1. The monoisotopic (exact) mass is 453 g/mol. The molecule has 6 rings (SSSR count). The first-order chi connectivity index (χ1) is 16.4. The van der Waals surface area contributed by atoms with Crippen molar-refractivity contribution in [1.29, 1.82) is 0 Å². The SMILES string of the molecule is Cc1cc(-c2ccc3c(c2)N=CC3)cc2c1OCCN(c1nc(N)nc3c1CC(C)(C)CC3)C2. The van der Waals surface area contributed by atoms with Crippen LogP contribution in [0.5, 0.6) is 5.75 Å². The molecule has 34 heavy (non-hydrogen) atoms. The minimum absolute atomic E-state index is 0.237. The Labute approximate surface area is 200 Å². The van der Waals surface area contributed by atoms with Gasteiger partial charge >= 0.3 is 0 Å². The molecule has 0 fully saturated rings. The number of ether oxygens (including phenoxy) is 1. The first kappa shape index (κ1) is 21.1. The van der Waals surface area contributed by atoms with Crippen LogP contribution in [0.3, 0.4) is 0 Å². The van der Waals surface area contributed by atoms with Crippen LogP contribution >= 0.6 is 0 Å². The van der Waals surface area contributed by atoms with Gasteiger partial charge in [0.05, 0.1) is 17.9 Å². The van der Waals surface area contributed by atoms with Gasteiger partial charge in [0.1, 0.15) is 18.2 Å². The largest absolute Gasteiger partial charge is 0.491 e. The van der Waals surface area contributed by atoms with Gasteiger partial charge in [-0.15, -0.1) is 0 Å². The van der Waals surface area contributed by atoms with E-state index in [-0.39, 0.29) is 5.41 Å². The molecule has 0 radical (unpaired) electrons. The first-order valence-corrected chi connectivity index (χ1v) is 12.2. The molecule has 0 saturated heterocycles. The van der Waals surface area contributed by atoms with Crippen LogP contribution in [0.25, 0.3) is 11.1 Å². The number of rotatable bonds is 2. The van der Waals surface area contributed by atoms with E-state index in [4.69, 9.17) is 15.5 Å². The smallest absolute Gasteiger partial charge is 0.222 e. The van der Waals surface area contributed by atoms with Crippen molar-refractivity contribution in [3.05, 3.63) is 58.3 Å². The Morgan fingerprint density at radius 2 is 1.94 bits per heavy atom. The summed E-state index contributed by atoms with van der Waals surface area (Å²) in [6.45, 7) is 8.90. The lowest BCUT2D eigenvalue weighted by Gasteiger charge is -2.34. The Morgan fingerprint density at radius 1 is 1.06 bits per heavy atom. The Bertz CT molecular complexity index is 1330. The Kier molecular flexibility index (Phi) is 4.87. The Hall–Kier alpha value is -3.41. The van der Waals surface area contributed by atoms with E-state index in [1.165, 1.54) is 27.8 Å². The summed E-state index contributed by atoms with van der Waals surface area (Å²) in [6.07, 6.45) is 5.95. The highest BCUT2D eigenvalue weighted by atomic mass is 16.5. The van der Waals surface area contributed by atoms with Gasteiger partial charge in [-0.1, -0.05) is 26.0 Å². The molecule has 6 heteroatoms. The molecule has 174 valence electrons. The fourth-order valence-electron chi connectivity index (χ4n) is 5.55. The number of nitrogens with zero attached hydrogens (tertiary/aromatic N) is 4. The van der Waals surface area contributed by atoms with Crippen molar-refractivity contribution in [3.63, 3.8) is 0 Å². The second kappa shape index (κ2) is 7.83. The zero-order chi connectivity index (χ0) is 23.4. The molecule has 1 aromatic heterocycles. The van der Waals surface area contributed by atoms with Gasteiger partial charge < -0.3 is 15.4 Å². The fraction of sp³-hybridized carbons (Fsp3) is 0.393. The van der Waals surface area contributed by atoms with Crippen LogP contribution in [0.1, 0.15) is 48.2 Å². The van der Waals surface area contributed by atoms with Crippen LogP contribution in [-0.4, -0.2) is 29.3 Å². The maximum atomic E-state index is 6.27. The van der Waals surface area contributed by atoms with Gasteiger partial charge in [0, 0.05) is 30.3 Å². The Morgan fingerprint density at radius 3 is 2.82 bits per heavy atom. The number of aryl methyl sites for hydroxylation is 2. The Balaban J connectivity index is 1.40. The molecular formula is C28H31N5O. The average molecular weight is 454 g/mol. The summed E-state index contributed by atoms with van der Waals surface area (Å²) in [4.78, 5) is 16.2. The van der Waals surface area contributed by atoms with Gasteiger partial charge in [-0.25, -0.2) is 4.98 Å². The molecule has 2 aliphatic heterocycles. The van der Waals surface area contributed by atoms with Crippen LogP contribution in [0, 0.1) is 12.3 Å². The maximum absolute atomic E-state index is 6.27. The summed E-state index contributed by atoms with van der Waals surface area (Å²) >= 11 is 0. The van der Waals surface area contributed by atoms with Crippen LogP contribution in [0.2, 0.25) is 0 Å². The van der Waals surface area contributed by atoms with Gasteiger partial charge in [-0.2, -0.15) is 4.98 Å². The lowest BCUT2D eigenvalue weighted by Crippen LogP contribution is -2.31. The molecule has 0 atom stereocenters. The summed E-state index contributed by atoms with van der Waals surface area (Å²) < 4.78 is 6.27. The highest BCUT2D eigenvalue weighted by Gasteiger charge is 2.31. The molecule has 0 unspecified atom stereocenters. The standard InChI is InChI=1S/C28H31N5O/c1-17-12-20(19-5-4-18-7-9-30-24(18)14-19)13-21-16-33(10-11-34-25(17)21)26-22-15-28(2,3)8-6-23(22)31-27(29)32-26/h4-5,9,12-14H,6-8,10-11,15-16H2,1-3H3,(H2,29,31,32). The van der Waals surface area contributed by atoms with E-state index in [9.17, 15) is 0 Å². The summed E-state index contributed by atoms with van der Waals surface area (Å²) in [5, 5.41) is 0. The predicted octanol–water partition coefficient (Wildman–Crippen LogP) is 5.21. The normalized spacial score (nSPS) is 18.0. The quantitative estimate of drug-likeness (QED) is 0.577. The van der Waals surface area contributed by atoms with Crippen LogP contribution in [-0.2, 0) is 25.8 Å². The molecule has 6 nitrogen and oxygen atoms in total. The average Bonchev–Trinajstić information content (AvgIpc) is 3.16. The van der Waals surface area contributed by atoms with E-state index in [2.05, 4.69) is 66.0 Å². The number of nitrogen functional groups attached to an aromatic ring is 1. The summed E-state index contributed by atoms with van der Waals surface area (Å²) in [7, 11) is 0. The number of benzene rings is 2. The van der Waals surface area contributed by atoms with E-state index in [1.807, 2.05) is 6.21 Å². The zero-order valence-electron chi connectivity index (χ0n) is 20.2. The third-order valence-corrected chi connectivity index (χ3v) is 7.36. The van der Waals surface area contributed by atoms with E-state index in [0.29, 0.717) is 12.6 Å². The van der Waals surface area contributed by atoms with E-state index < -0.39 is 0 Å². The van der Waals surface area contributed by atoms with Crippen molar-refractivity contribution in [2.75, 3.05) is 23.8 Å². The summed E-state index contributed by atoms with van der Waals surface area (Å²) in [5.41, 5.74) is 15.8. The van der Waals surface area contributed by atoms with Crippen molar-refractivity contribution in [2.45, 2.75) is 53.0 Å². The lowest BCUT2D eigenvalue weighted by atomic mass is 9.76. The number of hydrogen-bond acceptors (Lipinski definition) is 6. The van der Waals surface area contributed by atoms with Crippen molar-refractivity contribution >= 4 is 23.7 Å². The van der Waals surface area contributed by atoms with E-state index in [0.717, 1.165) is 67.3 Å². The molecule has 0 bridgehead atoms. The van der Waals surface area contributed by atoms with Gasteiger partial charge in [0.15, 0.2) is 0 Å². The molecule has 0 spiro atoms. The van der Waals surface area contributed by atoms with Gasteiger partial charge in [0.2, 0.25) is 5.95 Å². The molecule has 0 saturated carbocycles. The maximum Gasteiger partial charge on any atom is 0.222 e. The second-order valence-electron chi connectivity index (χ2n) is 10.6. The molecule has 2 N–H and O–H groups in total. The number of anilines is 2. The van der Waals surface area contributed by atoms with Gasteiger partial charge in [-0.3, -0.25) is 4.99 Å². The van der Waals surface area contributed by atoms with E-state index in [1.54, 1.807) is 0 Å². The van der Waals surface area contributed by atoms with Crippen molar-refractivity contribution in [2.24, 2.45) is 10.4 Å². The zero-order valence-corrected chi connectivity index (χ0v) is 20.2. The minimum atomic E-state index is 0.237. The third kappa shape index (κ3) is 3.71. The number of hydrogen-bond donors (Lipinski definition) is 1. The molecule has 3 aromatic rings. The first-order valence-electron chi connectivity index (χ1n) is 12.2. The fourth-order valence-corrected chi connectivity index (χ4v) is 5.55. The van der Waals surface area contributed by atoms with E-state index >= 15 is 0 Å². The minimum Gasteiger partial charge on any atom is -0.491 e. The highest BCUT2D eigenvalue weighted by molar-refractivity contribution is 5.80. The lowest BCUT2D eigenvalue weighted by molar-refractivity contribution is 0.311. The predicted molar refractivity (Wildman–Crippen MR) is 137 cm³/mol. The molecule has 0 amide bonds. The number of nitrogens with two attached hydrogens (primary N) is 1. The van der Waals surface area contributed by atoms with Crippen molar-refractivity contribution < 1.29 is 4.74 Å². The molecule has 1 aliphatic carbocycles. The van der Waals surface area contributed by atoms with Crippen LogP contribution in [0.4, 0.5) is 17.5 Å². The number of fused-ring (bicyclic) bond motifs is 3. The van der Waals surface area contributed by atoms with Crippen LogP contribution < -0.4 is 15.4 Å². The molecule has 2 aromatic carbocycles. The third-order valence-electron chi connectivity index (χ3n) is 7.36. The van der Waals surface area contributed by atoms with Crippen LogP contribution in [0.15, 0.2) is 35.3 Å². The van der Waals surface area contributed by atoms with Crippen molar-refractivity contribution in [3.8, 4) is 16.9 Å². The molecular weight excluding hydrogens is 422 g/mol.